The highest BCUT2D eigenvalue weighted by Gasteiger charge is 2.12. The van der Waals surface area contributed by atoms with Gasteiger partial charge in [0.1, 0.15) is 11.4 Å². The van der Waals surface area contributed by atoms with Gasteiger partial charge >= 0.3 is 0 Å². The van der Waals surface area contributed by atoms with Crippen LogP contribution in [-0.4, -0.2) is 32.3 Å². The van der Waals surface area contributed by atoms with E-state index in [4.69, 9.17) is 10.00 Å². The molecule has 0 bridgehead atoms. The number of methoxy groups -OCH3 is 1. The number of hydrogen-bond acceptors (Lipinski definition) is 6. The largest absolute Gasteiger partial charge is 0.496 e. The zero-order valence-corrected chi connectivity index (χ0v) is 14.4. The number of tetrazole rings is 1. The van der Waals surface area contributed by atoms with Crippen molar-refractivity contribution in [2.75, 3.05) is 7.11 Å². The van der Waals surface area contributed by atoms with Crippen LogP contribution in [0.4, 0.5) is 0 Å². The quantitative estimate of drug-likeness (QED) is 0.559. The van der Waals surface area contributed by atoms with Gasteiger partial charge in [0.05, 0.1) is 24.4 Å². The molecule has 27 heavy (non-hydrogen) atoms. The fraction of sp³-hybridized carbons (Fsp3) is 0.0500. The zero-order chi connectivity index (χ0) is 18.6. The average molecular weight is 354 g/mol. The topological polar surface area (TPSA) is 89.5 Å². The van der Waals surface area contributed by atoms with Gasteiger partial charge in [-0.15, -0.1) is 15.0 Å². The van der Waals surface area contributed by atoms with Crippen molar-refractivity contribution >= 4 is 0 Å². The van der Waals surface area contributed by atoms with Gasteiger partial charge in [-0.25, -0.2) is 0 Å². The van der Waals surface area contributed by atoms with Crippen LogP contribution in [0.25, 0.3) is 28.3 Å². The van der Waals surface area contributed by atoms with Crippen LogP contribution in [0.15, 0.2) is 66.9 Å². The van der Waals surface area contributed by atoms with Crippen molar-refractivity contribution in [3.05, 3.63) is 72.4 Å². The van der Waals surface area contributed by atoms with Crippen LogP contribution in [0, 0.1) is 11.3 Å². The molecule has 0 fully saturated rings. The lowest BCUT2D eigenvalue weighted by atomic mass is 10.0. The molecule has 0 radical (unpaired) electrons. The molecule has 4 aromatic rings. The van der Waals surface area contributed by atoms with Crippen molar-refractivity contribution in [2.45, 2.75) is 0 Å². The number of nitrogens with zero attached hydrogens (tertiary/aromatic N) is 6. The summed E-state index contributed by atoms with van der Waals surface area (Å²) in [6, 6.07) is 20.7. The van der Waals surface area contributed by atoms with E-state index in [9.17, 15) is 0 Å². The smallest absolute Gasteiger partial charge is 0.223 e. The van der Waals surface area contributed by atoms with E-state index >= 15 is 0 Å². The lowest BCUT2D eigenvalue weighted by Crippen LogP contribution is -2.00. The summed E-state index contributed by atoms with van der Waals surface area (Å²) in [4.78, 5) is 5.67. The Morgan fingerprint density at radius 2 is 1.89 bits per heavy atom. The molecule has 0 saturated carbocycles. The summed E-state index contributed by atoms with van der Waals surface area (Å²) in [6.45, 7) is 0. The molecule has 0 aliphatic rings. The second-order valence-corrected chi connectivity index (χ2v) is 5.69. The number of pyridine rings is 1. The maximum Gasteiger partial charge on any atom is 0.223 e. The first-order valence-corrected chi connectivity index (χ1v) is 8.19. The normalized spacial score (nSPS) is 10.4. The van der Waals surface area contributed by atoms with E-state index < -0.39 is 0 Å². The average Bonchev–Trinajstić information content (AvgIpc) is 3.24. The van der Waals surface area contributed by atoms with Crippen molar-refractivity contribution in [1.82, 2.24) is 25.2 Å². The number of ether oxygens (including phenoxy) is 1. The Balaban J connectivity index is 1.69. The first-order valence-electron chi connectivity index (χ1n) is 8.19. The molecule has 4 rings (SSSR count). The van der Waals surface area contributed by atoms with E-state index in [2.05, 4.69) is 26.5 Å². The molecule has 0 aliphatic carbocycles. The SMILES string of the molecule is COc1cc(-n2nnc(-c3ccccn3)n2)ccc1-c1ccc(C#N)cc1. The van der Waals surface area contributed by atoms with E-state index in [1.54, 1.807) is 25.4 Å². The number of aromatic nitrogens is 5. The highest BCUT2D eigenvalue weighted by Crippen LogP contribution is 2.32. The minimum absolute atomic E-state index is 0.450. The van der Waals surface area contributed by atoms with Crippen LogP contribution in [-0.2, 0) is 0 Å². The van der Waals surface area contributed by atoms with E-state index in [1.165, 1.54) is 4.80 Å². The van der Waals surface area contributed by atoms with Gasteiger partial charge in [0, 0.05) is 17.8 Å². The predicted octanol–water partition coefficient (Wildman–Crippen LogP) is 3.27. The van der Waals surface area contributed by atoms with Crippen LogP contribution in [0.5, 0.6) is 5.75 Å². The van der Waals surface area contributed by atoms with Crippen molar-refractivity contribution in [1.29, 1.82) is 5.26 Å². The molecule has 2 heterocycles. The third-order valence-electron chi connectivity index (χ3n) is 4.05. The van der Waals surface area contributed by atoms with Crippen LogP contribution >= 0.6 is 0 Å². The Hall–Kier alpha value is -4.05. The molecule has 2 aromatic heterocycles. The van der Waals surface area contributed by atoms with E-state index in [1.807, 2.05) is 48.5 Å². The lowest BCUT2D eigenvalue weighted by Gasteiger charge is -2.10. The zero-order valence-electron chi connectivity index (χ0n) is 14.4. The van der Waals surface area contributed by atoms with Crippen molar-refractivity contribution in [3.63, 3.8) is 0 Å². The molecule has 0 spiro atoms. The minimum Gasteiger partial charge on any atom is -0.496 e. The third kappa shape index (κ3) is 3.24. The van der Waals surface area contributed by atoms with Crippen LogP contribution in [0.1, 0.15) is 5.56 Å². The standard InChI is InChI=1S/C20H14N6O/c1-27-19-12-16(9-10-17(19)15-7-5-14(13-21)6-8-15)26-24-20(23-25-26)18-4-2-3-11-22-18/h2-12H,1H3. The molecular formula is C20H14N6O. The van der Waals surface area contributed by atoms with Gasteiger partial charge in [0.2, 0.25) is 5.82 Å². The van der Waals surface area contributed by atoms with Gasteiger partial charge in [-0.2, -0.15) is 5.26 Å². The summed E-state index contributed by atoms with van der Waals surface area (Å²) in [7, 11) is 1.61. The molecular weight excluding hydrogens is 340 g/mol. The molecule has 0 saturated heterocycles. The summed E-state index contributed by atoms with van der Waals surface area (Å²) >= 11 is 0. The minimum atomic E-state index is 0.450. The Kier molecular flexibility index (Phi) is 4.29. The monoisotopic (exact) mass is 354 g/mol. The summed E-state index contributed by atoms with van der Waals surface area (Å²) in [6.07, 6.45) is 1.69. The third-order valence-corrected chi connectivity index (χ3v) is 4.05. The highest BCUT2D eigenvalue weighted by molar-refractivity contribution is 5.72. The highest BCUT2D eigenvalue weighted by atomic mass is 16.5. The Bertz CT molecular complexity index is 1110. The second kappa shape index (κ2) is 7.06. The molecule has 7 nitrogen and oxygen atoms in total. The summed E-state index contributed by atoms with van der Waals surface area (Å²) in [5, 5.41) is 21.5. The van der Waals surface area contributed by atoms with Crippen LogP contribution < -0.4 is 4.74 Å². The molecule has 0 amide bonds. The number of benzene rings is 2. The fourth-order valence-electron chi connectivity index (χ4n) is 2.69. The number of nitriles is 1. The predicted molar refractivity (Wildman–Crippen MR) is 99.1 cm³/mol. The molecule has 7 heteroatoms. The van der Waals surface area contributed by atoms with Crippen molar-refractivity contribution in [3.8, 4) is 40.2 Å². The Labute approximate surface area is 155 Å². The summed E-state index contributed by atoms with van der Waals surface area (Å²) in [5.74, 6) is 1.12. The molecule has 130 valence electrons. The maximum absolute atomic E-state index is 8.94. The van der Waals surface area contributed by atoms with Gasteiger partial charge < -0.3 is 4.74 Å². The van der Waals surface area contributed by atoms with Gasteiger partial charge in [-0.1, -0.05) is 18.2 Å². The lowest BCUT2D eigenvalue weighted by molar-refractivity contribution is 0.416. The van der Waals surface area contributed by atoms with E-state index in [-0.39, 0.29) is 0 Å². The Morgan fingerprint density at radius 1 is 1.04 bits per heavy atom. The summed E-state index contributed by atoms with van der Waals surface area (Å²) < 4.78 is 5.54. The fourth-order valence-corrected chi connectivity index (χ4v) is 2.69. The van der Waals surface area contributed by atoms with Crippen LogP contribution in [0.3, 0.4) is 0 Å². The van der Waals surface area contributed by atoms with Gasteiger partial charge in [-0.05, 0) is 47.2 Å². The first-order chi connectivity index (χ1) is 13.3. The molecule has 0 N–H and O–H groups in total. The second-order valence-electron chi connectivity index (χ2n) is 5.69. The van der Waals surface area contributed by atoms with Gasteiger partial charge in [-0.3, -0.25) is 4.98 Å². The summed E-state index contributed by atoms with van der Waals surface area (Å²) in [5.41, 5.74) is 3.86. The number of hydrogen-bond donors (Lipinski definition) is 0. The van der Waals surface area contributed by atoms with Crippen molar-refractivity contribution < 1.29 is 4.74 Å². The molecule has 0 unspecified atom stereocenters. The van der Waals surface area contributed by atoms with Crippen molar-refractivity contribution in [2.24, 2.45) is 0 Å². The van der Waals surface area contributed by atoms with Crippen LogP contribution in [0.2, 0.25) is 0 Å². The van der Waals surface area contributed by atoms with E-state index in [0.29, 0.717) is 22.8 Å². The van der Waals surface area contributed by atoms with Gasteiger partial charge in [0.15, 0.2) is 0 Å². The van der Waals surface area contributed by atoms with E-state index in [0.717, 1.165) is 16.8 Å². The Morgan fingerprint density at radius 3 is 2.59 bits per heavy atom. The maximum atomic E-state index is 8.94. The number of rotatable bonds is 4. The molecule has 0 aliphatic heterocycles. The molecule has 2 aromatic carbocycles. The van der Waals surface area contributed by atoms with Gasteiger partial charge in [0.25, 0.3) is 0 Å². The molecule has 0 atom stereocenters. The first kappa shape index (κ1) is 16.4.